The Bertz CT molecular complexity index is 1250. The minimum Gasteiger partial charge on any atom is -0.380 e. The van der Waals surface area contributed by atoms with Crippen LogP contribution in [0.1, 0.15) is 34.3 Å². The lowest BCUT2D eigenvalue weighted by atomic mass is 9.64. The number of aryl methyl sites for hydroxylation is 1. The first-order valence-corrected chi connectivity index (χ1v) is 10.1. The molecular formula is C23H21N5O3. The molecule has 2 aliphatic rings. The number of nitrogens with zero attached hydrogens (tertiary/aromatic N) is 3. The molecule has 2 fully saturated rings. The molecule has 1 saturated carbocycles. The highest BCUT2D eigenvalue weighted by molar-refractivity contribution is 5.94. The molecule has 1 aromatic carbocycles. The van der Waals surface area contributed by atoms with Crippen LogP contribution in [0.15, 0.2) is 47.5 Å². The van der Waals surface area contributed by atoms with Crippen LogP contribution in [0.3, 0.4) is 0 Å². The molecule has 1 amide bonds. The van der Waals surface area contributed by atoms with Gasteiger partial charge >= 0.3 is 0 Å². The predicted molar refractivity (Wildman–Crippen MR) is 113 cm³/mol. The minimum atomic E-state index is -0.250. The summed E-state index contributed by atoms with van der Waals surface area (Å²) in [5.74, 6) is 0.236. The number of carbonyl (C=O) groups excluding carboxylic acids is 1. The Morgan fingerprint density at radius 1 is 1.29 bits per heavy atom. The fraction of sp³-hybridized carbons (Fsp3) is 0.304. The zero-order valence-electron chi connectivity index (χ0n) is 17.0. The lowest BCUT2D eigenvalue weighted by Crippen LogP contribution is -2.59. The summed E-state index contributed by atoms with van der Waals surface area (Å²) in [6.45, 7) is 3.45. The lowest BCUT2D eigenvalue weighted by Gasteiger charge is -2.53. The van der Waals surface area contributed by atoms with Crippen LogP contribution in [0.5, 0.6) is 0 Å². The first kappa shape index (κ1) is 19.3. The molecule has 1 saturated heterocycles. The average Bonchev–Trinajstić information content (AvgIpc) is 3.10. The van der Waals surface area contributed by atoms with Crippen molar-refractivity contribution in [3.63, 3.8) is 0 Å². The Morgan fingerprint density at radius 2 is 2.10 bits per heavy atom. The maximum atomic E-state index is 12.9. The van der Waals surface area contributed by atoms with Gasteiger partial charge in [0.25, 0.3) is 11.5 Å². The highest BCUT2D eigenvalue weighted by Gasteiger charge is 2.50. The Hall–Kier alpha value is -3.70. The van der Waals surface area contributed by atoms with Gasteiger partial charge in [0.05, 0.1) is 36.0 Å². The number of benzene rings is 1. The van der Waals surface area contributed by atoms with E-state index in [1.165, 1.54) is 10.9 Å². The van der Waals surface area contributed by atoms with Gasteiger partial charge in [0.15, 0.2) is 5.82 Å². The van der Waals surface area contributed by atoms with E-state index in [-0.39, 0.29) is 17.5 Å². The molecule has 156 valence electrons. The minimum absolute atomic E-state index is 0.160. The maximum Gasteiger partial charge on any atom is 0.280 e. The number of pyridine rings is 1. The van der Waals surface area contributed by atoms with Crippen LogP contribution in [-0.2, 0) is 4.74 Å². The molecule has 3 aromatic rings. The Balaban J connectivity index is 1.32. The van der Waals surface area contributed by atoms with E-state index < -0.39 is 0 Å². The van der Waals surface area contributed by atoms with E-state index in [2.05, 4.69) is 21.5 Å². The van der Waals surface area contributed by atoms with Gasteiger partial charge < -0.3 is 10.1 Å². The number of aromatic amines is 1. The second kappa shape index (κ2) is 7.22. The summed E-state index contributed by atoms with van der Waals surface area (Å²) in [6.07, 6.45) is 5.01. The molecule has 0 unspecified atom stereocenters. The Kier molecular flexibility index (Phi) is 4.49. The molecule has 0 atom stereocenters. The van der Waals surface area contributed by atoms with Gasteiger partial charge in [0.2, 0.25) is 0 Å². The van der Waals surface area contributed by atoms with Crippen LogP contribution in [0.4, 0.5) is 0 Å². The number of aromatic nitrogens is 3. The number of ether oxygens (including phenoxy) is 1. The predicted octanol–water partition coefficient (Wildman–Crippen LogP) is 2.32. The monoisotopic (exact) mass is 415 g/mol. The van der Waals surface area contributed by atoms with Gasteiger partial charge in [0, 0.05) is 23.9 Å². The molecule has 0 radical (unpaired) electrons. The molecule has 8 nitrogen and oxygen atoms in total. The third kappa shape index (κ3) is 3.33. The highest BCUT2D eigenvalue weighted by atomic mass is 16.5. The maximum absolute atomic E-state index is 12.9. The van der Waals surface area contributed by atoms with E-state index in [0.29, 0.717) is 27.9 Å². The smallest absolute Gasteiger partial charge is 0.280 e. The van der Waals surface area contributed by atoms with Gasteiger partial charge in [-0.2, -0.15) is 5.26 Å². The summed E-state index contributed by atoms with van der Waals surface area (Å²) in [4.78, 5) is 29.7. The molecular weight excluding hydrogens is 394 g/mol. The van der Waals surface area contributed by atoms with Crippen LogP contribution >= 0.6 is 0 Å². The van der Waals surface area contributed by atoms with Gasteiger partial charge in [0.1, 0.15) is 0 Å². The highest BCUT2D eigenvalue weighted by Crippen LogP contribution is 2.46. The van der Waals surface area contributed by atoms with Crippen LogP contribution in [0.2, 0.25) is 0 Å². The number of hydrogen-bond donors (Lipinski definition) is 2. The number of carbonyl (C=O) groups is 1. The SMILES string of the molecule is Cc1cc(C#N)ccc1-c1c[nH]n(-c2ccc(C(=O)NC3CC4(COC4)C3)cn2)c1=O. The van der Waals surface area contributed by atoms with Crippen molar-refractivity contribution in [3.8, 4) is 23.0 Å². The summed E-state index contributed by atoms with van der Waals surface area (Å²) < 4.78 is 6.60. The summed E-state index contributed by atoms with van der Waals surface area (Å²) in [5.41, 5.74) is 3.13. The fourth-order valence-corrected chi connectivity index (χ4v) is 4.40. The van der Waals surface area contributed by atoms with Crippen LogP contribution in [-0.4, -0.2) is 39.9 Å². The van der Waals surface area contributed by atoms with Gasteiger partial charge in [-0.25, -0.2) is 9.67 Å². The molecule has 3 heterocycles. The molecule has 0 bridgehead atoms. The Labute approximate surface area is 178 Å². The number of rotatable bonds is 4. The third-order valence-electron chi connectivity index (χ3n) is 6.17. The van der Waals surface area contributed by atoms with Crippen molar-refractivity contribution in [1.29, 1.82) is 5.26 Å². The molecule has 1 spiro atoms. The normalized spacial score (nSPS) is 16.9. The van der Waals surface area contributed by atoms with Gasteiger partial charge in [-0.05, 0) is 55.2 Å². The van der Waals surface area contributed by atoms with Gasteiger partial charge in [-0.15, -0.1) is 0 Å². The zero-order chi connectivity index (χ0) is 21.6. The van der Waals surface area contributed by atoms with Crippen LogP contribution < -0.4 is 10.9 Å². The standard InChI is InChI=1S/C23H21N5O3/c1-14-6-15(9-24)2-4-18(14)19-11-26-28(22(19)30)20-5-3-16(10-25-20)21(29)27-17-7-23(8-17)12-31-13-23/h2-6,10-11,17,26H,7-8,12-13H2,1H3,(H,27,29). The number of nitrogens with one attached hydrogen (secondary N) is 2. The summed E-state index contributed by atoms with van der Waals surface area (Å²) in [7, 11) is 0. The number of hydrogen-bond acceptors (Lipinski definition) is 5. The molecule has 31 heavy (non-hydrogen) atoms. The Morgan fingerprint density at radius 3 is 2.71 bits per heavy atom. The first-order chi connectivity index (χ1) is 15.0. The quantitative estimate of drug-likeness (QED) is 0.679. The van der Waals surface area contributed by atoms with Crippen LogP contribution in [0, 0.1) is 23.7 Å². The van der Waals surface area contributed by atoms with Crippen molar-refractivity contribution in [3.05, 3.63) is 69.8 Å². The van der Waals surface area contributed by atoms with Crippen molar-refractivity contribution in [2.75, 3.05) is 13.2 Å². The summed E-state index contributed by atoms with van der Waals surface area (Å²) in [6, 6.07) is 10.8. The van der Waals surface area contributed by atoms with Crippen molar-refractivity contribution in [1.82, 2.24) is 20.1 Å². The summed E-state index contributed by atoms with van der Waals surface area (Å²) in [5, 5.41) is 15.0. The van der Waals surface area contributed by atoms with E-state index in [1.54, 1.807) is 36.5 Å². The van der Waals surface area contributed by atoms with E-state index in [4.69, 9.17) is 10.00 Å². The molecule has 1 aliphatic carbocycles. The zero-order valence-corrected chi connectivity index (χ0v) is 17.0. The first-order valence-electron chi connectivity index (χ1n) is 10.1. The average molecular weight is 415 g/mol. The molecule has 2 aromatic heterocycles. The van der Waals surface area contributed by atoms with Gasteiger partial charge in [-0.1, -0.05) is 6.07 Å². The number of H-pyrrole nitrogens is 1. The van der Waals surface area contributed by atoms with E-state index in [1.807, 2.05) is 6.92 Å². The lowest BCUT2D eigenvalue weighted by molar-refractivity contribution is -0.165. The van der Waals surface area contributed by atoms with Crippen molar-refractivity contribution >= 4 is 5.91 Å². The van der Waals surface area contributed by atoms with E-state index in [0.717, 1.165) is 37.2 Å². The molecule has 2 N–H and O–H groups in total. The second-order valence-electron chi connectivity index (χ2n) is 8.45. The topological polar surface area (TPSA) is 113 Å². The fourth-order valence-electron chi connectivity index (χ4n) is 4.40. The van der Waals surface area contributed by atoms with Crippen molar-refractivity contribution in [2.45, 2.75) is 25.8 Å². The van der Waals surface area contributed by atoms with Crippen molar-refractivity contribution in [2.24, 2.45) is 5.41 Å². The third-order valence-corrected chi connectivity index (χ3v) is 6.17. The van der Waals surface area contributed by atoms with Crippen LogP contribution in [0.25, 0.3) is 16.9 Å². The van der Waals surface area contributed by atoms with Crippen molar-refractivity contribution < 1.29 is 9.53 Å². The largest absolute Gasteiger partial charge is 0.380 e. The van der Waals surface area contributed by atoms with E-state index >= 15 is 0 Å². The number of amides is 1. The molecule has 5 rings (SSSR count). The van der Waals surface area contributed by atoms with Gasteiger partial charge in [-0.3, -0.25) is 14.7 Å². The summed E-state index contributed by atoms with van der Waals surface area (Å²) >= 11 is 0. The molecule has 1 aliphatic heterocycles. The van der Waals surface area contributed by atoms with E-state index in [9.17, 15) is 9.59 Å². The number of nitriles is 1. The second-order valence-corrected chi connectivity index (χ2v) is 8.45. The molecule has 8 heteroatoms.